The molecule has 1 amide bonds. The normalized spacial score (nSPS) is 14.4. The Hall–Kier alpha value is -4.72. The Balaban J connectivity index is 0.000000470. The van der Waals surface area contributed by atoms with Gasteiger partial charge in [-0.05, 0) is 47.9 Å². The number of benzene rings is 2. The van der Waals surface area contributed by atoms with E-state index in [0.29, 0.717) is 48.5 Å². The van der Waals surface area contributed by atoms with E-state index < -0.39 is 12.1 Å². The van der Waals surface area contributed by atoms with E-state index in [2.05, 4.69) is 20.5 Å². The van der Waals surface area contributed by atoms with Crippen LogP contribution in [0.15, 0.2) is 53.6 Å². The van der Waals surface area contributed by atoms with Crippen LogP contribution in [0.3, 0.4) is 0 Å². The molecule has 3 heterocycles. The summed E-state index contributed by atoms with van der Waals surface area (Å²) in [5.74, 6) is -1.73. The number of aromatic amines is 2. The first-order valence-corrected chi connectivity index (χ1v) is 11.9. The van der Waals surface area contributed by atoms with Crippen LogP contribution in [0.4, 0.5) is 13.2 Å². The third-order valence-corrected chi connectivity index (χ3v) is 6.01. The number of methoxy groups -OCH3 is 1. The number of carboxylic acids is 1. The van der Waals surface area contributed by atoms with Gasteiger partial charge in [-0.3, -0.25) is 14.7 Å². The Morgan fingerprint density at radius 1 is 1.20 bits per heavy atom. The number of ether oxygens (including phenoxy) is 2. The zero-order valence-electron chi connectivity index (χ0n) is 21.0. The molecule has 1 unspecified atom stereocenters. The molecule has 5 rings (SSSR count). The van der Waals surface area contributed by atoms with Crippen LogP contribution >= 0.6 is 0 Å². The van der Waals surface area contributed by atoms with E-state index in [4.69, 9.17) is 24.4 Å². The molecule has 0 saturated heterocycles. The van der Waals surface area contributed by atoms with Gasteiger partial charge in [0, 0.05) is 31.0 Å². The first-order chi connectivity index (χ1) is 19.1. The molecule has 2 aromatic carbocycles. The van der Waals surface area contributed by atoms with Crippen molar-refractivity contribution in [3.05, 3.63) is 76.1 Å². The van der Waals surface area contributed by atoms with Crippen LogP contribution in [0.5, 0.6) is 5.75 Å². The van der Waals surface area contributed by atoms with Gasteiger partial charge in [-0.15, -0.1) is 0 Å². The monoisotopic (exact) mass is 559 g/mol. The van der Waals surface area contributed by atoms with E-state index in [-0.39, 0.29) is 17.4 Å². The Labute approximate surface area is 224 Å². The van der Waals surface area contributed by atoms with E-state index >= 15 is 0 Å². The Morgan fingerprint density at radius 3 is 2.65 bits per heavy atom. The minimum Gasteiger partial charge on any atom is -0.493 e. The molecule has 0 bridgehead atoms. The molecule has 0 fully saturated rings. The lowest BCUT2D eigenvalue weighted by Crippen LogP contribution is -2.28. The number of H-pyrrole nitrogens is 2. The molecule has 40 heavy (non-hydrogen) atoms. The molecule has 2 aromatic heterocycles. The molecule has 1 aliphatic rings. The number of nitrogens with zero attached hydrogens (tertiary/aromatic N) is 2. The van der Waals surface area contributed by atoms with Crippen molar-refractivity contribution in [1.82, 2.24) is 25.5 Å². The molecule has 14 heteroatoms. The lowest BCUT2D eigenvalue weighted by molar-refractivity contribution is -0.192. The molecule has 210 valence electrons. The van der Waals surface area contributed by atoms with Gasteiger partial charge in [0.2, 0.25) is 0 Å². The van der Waals surface area contributed by atoms with Crippen molar-refractivity contribution in [2.45, 2.75) is 18.5 Å². The number of carbonyl (C=O) groups excluding carboxylic acids is 1. The molecular weight excluding hydrogens is 535 g/mol. The zero-order valence-corrected chi connectivity index (χ0v) is 21.0. The number of halogens is 3. The second kappa shape index (κ2) is 12.0. The highest BCUT2D eigenvalue weighted by Crippen LogP contribution is 2.32. The smallest absolute Gasteiger partial charge is 0.490 e. The molecule has 0 radical (unpaired) electrons. The number of aromatic nitrogens is 4. The third-order valence-electron chi connectivity index (χ3n) is 6.01. The maximum absolute atomic E-state index is 12.9. The molecule has 0 aliphatic carbocycles. The Bertz CT molecular complexity index is 1570. The quantitative estimate of drug-likeness (QED) is 0.262. The second-order valence-electron chi connectivity index (χ2n) is 8.76. The summed E-state index contributed by atoms with van der Waals surface area (Å²) >= 11 is 0. The molecule has 4 aromatic rings. The number of carbonyl (C=O) groups is 2. The lowest BCUT2D eigenvalue weighted by Gasteiger charge is -2.25. The average Bonchev–Trinajstić information content (AvgIpc) is 3.47. The number of aliphatic carboxylic acids is 1. The fourth-order valence-electron chi connectivity index (χ4n) is 4.02. The number of carboxylic acid groups (broad SMARTS) is 1. The van der Waals surface area contributed by atoms with Crippen molar-refractivity contribution in [1.29, 1.82) is 0 Å². The zero-order chi connectivity index (χ0) is 28.9. The summed E-state index contributed by atoms with van der Waals surface area (Å²) in [6, 6.07) is 11.0. The Morgan fingerprint density at radius 2 is 1.98 bits per heavy atom. The van der Waals surface area contributed by atoms with Crippen LogP contribution in [0.2, 0.25) is 0 Å². The summed E-state index contributed by atoms with van der Waals surface area (Å²) < 4.78 is 42.6. The second-order valence-corrected chi connectivity index (χ2v) is 8.76. The maximum Gasteiger partial charge on any atom is 0.490 e. The number of rotatable bonds is 6. The molecule has 1 aliphatic heterocycles. The highest BCUT2D eigenvalue weighted by atomic mass is 19.4. The number of amides is 1. The third kappa shape index (κ3) is 6.64. The summed E-state index contributed by atoms with van der Waals surface area (Å²) in [6.45, 7) is 1.29. The van der Waals surface area contributed by atoms with Gasteiger partial charge in [0.05, 0.1) is 36.2 Å². The average molecular weight is 560 g/mol. The molecule has 0 spiro atoms. The van der Waals surface area contributed by atoms with E-state index in [1.165, 1.54) is 0 Å². The minimum absolute atomic E-state index is 0.130. The van der Waals surface area contributed by atoms with Crippen LogP contribution in [-0.2, 0) is 16.0 Å². The highest BCUT2D eigenvalue weighted by molar-refractivity contribution is 5.94. The van der Waals surface area contributed by atoms with Crippen molar-refractivity contribution in [2.75, 3.05) is 26.9 Å². The van der Waals surface area contributed by atoms with Gasteiger partial charge >= 0.3 is 12.1 Å². The van der Waals surface area contributed by atoms with E-state index in [9.17, 15) is 22.8 Å². The van der Waals surface area contributed by atoms with Crippen LogP contribution in [-0.4, -0.2) is 70.2 Å². The van der Waals surface area contributed by atoms with E-state index in [1.807, 2.05) is 30.3 Å². The number of hydrogen-bond donors (Lipinski definition) is 4. The van der Waals surface area contributed by atoms with Gasteiger partial charge in [0.15, 0.2) is 0 Å². The summed E-state index contributed by atoms with van der Waals surface area (Å²) in [7, 11) is 1.59. The van der Waals surface area contributed by atoms with Crippen molar-refractivity contribution in [2.24, 2.45) is 0 Å². The number of nitrogens with one attached hydrogen (secondary N) is 3. The predicted octanol–water partition coefficient (Wildman–Crippen LogP) is 3.04. The first-order valence-electron chi connectivity index (χ1n) is 11.9. The van der Waals surface area contributed by atoms with Gasteiger partial charge in [0.25, 0.3) is 11.5 Å². The van der Waals surface area contributed by atoms with Gasteiger partial charge in [-0.25, -0.2) is 9.78 Å². The van der Waals surface area contributed by atoms with Crippen LogP contribution in [0.1, 0.15) is 27.7 Å². The number of hydrogen-bond acceptors (Lipinski definition) is 7. The first kappa shape index (κ1) is 28.3. The van der Waals surface area contributed by atoms with Gasteiger partial charge in [-0.1, -0.05) is 6.07 Å². The lowest BCUT2D eigenvalue weighted by atomic mass is 9.94. The fourth-order valence-corrected chi connectivity index (χ4v) is 4.02. The van der Waals surface area contributed by atoms with Crippen molar-refractivity contribution in [3.8, 4) is 16.9 Å². The van der Waals surface area contributed by atoms with Gasteiger partial charge < -0.3 is 24.9 Å². The number of alkyl halides is 3. The SMILES string of the molecule is COCCNC(=O)c1ccc2c(c1)CC(c1nc3ccc(-c4cn[nH]c4)cc3c(=O)[nH]1)CO2.O=C(O)C(F)(F)F. The van der Waals surface area contributed by atoms with E-state index in [1.54, 1.807) is 25.6 Å². The molecule has 1 atom stereocenters. The summed E-state index contributed by atoms with van der Waals surface area (Å²) in [4.78, 5) is 41.8. The molecular formula is C26H24F3N5O6. The molecule has 4 N–H and O–H groups in total. The summed E-state index contributed by atoms with van der Waals surface area (Å²) in [6.07, 6.45) is -0.990. The molecule has 11 nitrogen and oxygen atoms in total. The Kier molecular flexibility index (Phi) is 8.48. The van der Waals surface area contributed by atoms with Crippen molar-refractivity contribution < 1.29 is 37.3 Å². The summed E-state index contributed by atoms with van der Waals surface area (Å²) in [5.41, 5.74) is 3.68. The van der Waals surface area contributed by atoms with E-state index in [0.717, 1.165) is 22.4 Å². The van der Waals surface area contributed by atoms with Gasteiger partial charge in [-0.2, -0.15) is 18.3 Å². The fraction of sp³-hybridized carbons (Fsp3) is 0.269. The summed E-state index contributed by atoms with van der Waals surface area (Å²) in [5, 5.41) is 17.2. The maximum atomic E-state index is 12.9. The van der Waals surface area contributed by atoms with Crippen LogP contribution in [0.25, 0.3) is 22.0 Å². The van der Waals surface area contributed by atoms with Crippen molar-refractivity contribution in [3.63, 3.8) is 0 Å². The highest BCUT2D eigenvalue weighted by Gasteiger charge is 2.38. The molecule has 0 saturated carbocycles. The number of fused-ring (bicyclic) bond motifs is 2. The van der Waals surface area contributed by atoms with Gasteiger partial charge in [0.1, 0.15) is 11.6 Å². The predicted molar refractivity (Wildman–Crippen MR) is 136 cm³/mol. The minimum atomic E-state index is -5.08. The topological polar surface area (TPSA) is 159 Å². The largest absolute Gasteiger partial charge is 0.493 e. The van der Waals surface area contributed by atoms with Crippen LogP contribution < -0.4 is 15.6 Å². The van der Waals surface area contributed by atoms with Crippen LogP contribution in [0, 0.1) is 0 Å². The standard InChI is InChI=1S/C24H23N5O4.C2HF3O2/c1-32-7-6-25-23(30)15-3-5-21-16(8-15)9-17(13-33-21)22-28-20-4-2-14(18-11-26-27-12-18)10-19(20)24(31)29-22;3-2(4,5)1(6)7/h2-5,8,10-12,17H,6-7,9,13H2,1H3,(H,25,30)(H,26,27)(H,28,29,31);(H,6,7). The van der Waals surface area contributed by atoms with Crippen molar-refractivity contribution >= 4 is 22.8 Å².